The number of furan rings is 1. The maximum absolute atomic E-state index is 7.14. The largest absolute Gasteiger partial charge is 0.454 e. The second kappa shape index (κ2) is 13.2. The van der Waals surface area contributed by atoms with E-state index >= 15 is 0 Å². The first kappa shape index (κ1) is 34.5. The summed E-state index contributed by atoms with van der Waals surface area (Å²) in [6.07, 6.45) is 0. The van der Waals surface area contributed by atoms with Gasteiger partial charge in [-0.1, -0.05) is 133 Å². The van der Waals surface area contributed by atoms with Gasteiger partial charge < -0.3 is 8.98 Å². The van der Waals surface area contributed by atoms with E-state index in [2.05, 4.69) is 199 Å². The van der Waals surface area contributed by atoms with E-state index in [-0.39, 0.29) is 0 Å². The number of fused-ring (bicyclic) bond motifs is 13. The normalized spacial score (nSPS) is 12.1. The molecule has 0 aliphatic heterocycles. The molecule has 14 aromatic rings. The summed E-state index contributed by atoms with van der Waals surface area (Å²) in [4.78, 5) is 16.3. The number of benzene rings is 10. The molecule has 292 valence electrons. The van der Waals surface area contributed by atoms with Gasteiger partial charge in [0.15, 0.2) is 23.1 Å². The lowest BCUT2D eigenvalue weighted by Gasteiger charge is -2.16. The Morgan fingerprint density at radius 2 is 1.03 bits per heavy atom. The van der Waals surface area contributed by atoms with Crippen LogP contribution in [-0.4, -0.2) is 19.5 Å². The van der Waals surface area contributed by atoms with Crippen molar-refractivity contribution in [2.24, 2.45) is 0 Å². The summed E-state index contributed by atoms with van der Waals surface area (Å²) < 4.78 is 12.0. The van der Waals surface area contributed by atoms with Crippen LogP contribution < -0.4 is 0 Å². The Balaban J connectivity index is 1.13. The maximum atomic E-state index is 7.14. The predicted molar refractivity (Wildman–Crippen MR) is 263 cm³/mol. The molecule has 0 aliphatic rings. The summed E-state index contributed by atoms with van der Waals surface area (Å²) in [7, 11) is 0. The molecule has 5 nitrogen and oxygen atoms in total. The fraction of sp³-hybridized carbons (Fsp3) is 0. The van der Waals surface area contributed by atoms with E-state index in [0.717, 1.165) is 87.7 Å². The van der Waals surface area contributed by atoms with Gasteiger partial charge in [0.25, 0.3) is 0 Å². The fourth-order valence-electron chi connectivity index (χ4n) is 9.93. The predicted octanol–water partition coefficient (Wildman–Crippen LogP) is 15.7. The molecule has 0 radical (unpaired) electrons. The summed E-state index contributed by atoms with van der Waals surface area (Å²) in [6.45, 7) is 0. The minimum atomic E-state index is 0.562. The van der Waals surface area contributed by atoms with Crippen LogP contribution in [-0.2, 0) is 0 Å². The van der Waals surface area contributed by atoms with Crippen molar-refractivity contribution >= 4 is 108 Å². The Hall–Kier alpha value is -8.19. The van der Waals surface area contributed by atoms with E-state index in [1.807, 2.05) is 0 Å². The van der Waals surface area contributed by atoms with Crippen LogP contribution in [0.3, 0.4) is 0 Å². The van der Waals surface area contributed by atoms with Crippen molar-refractivity contribution in [3.05, 3.63) is 194 Å². The average Bonchev–Trinajstić information content (AvgIpc) is 4.02. The van der Waals surface area contributed by atoms with Gasteiger partial charge >= 0.3 is 0 Å². The first-order valence-corrected chi connectivity index (χ1v) is 22.0. The molecule has 0 saturated carbocycles. The third kappa shape index (κ3) is 5.13. The molecule has 10 aromatic carbocycles. The van der Waals surface area contributed by atoms with E-state index in [1.165, 1.54) is 30.9 Å². The first-order valence-electron chi connectivity index (χ1n) is 21.2. The van der Waals surface area contributed by atoms with E-state index < -0.39 is 0 Å². The van der Waals surface area contributed by atoms with Crippen molar-refractivity contribution in [3.8, 4) is 39.9 Å². The van der Waals surface area contributed by atoms with Crippen molar-refractivity contribution in [2.75, 3.05) is 0 Å². The zero-order chi connectivity index (χ0) is 41.2. The number of rotatable bonds is 4. The van der Waals surface area contributed by atoms with E-state index in [9.17, 15) is 0 Å². The Morgan fingerprint density at radius 3 is 1.89 bits per heavy atom. The number of thiophene rings is 1. The lowest BCUT2D eigenvalue weighted by atomic mass is 10.0. The van der Waals surface area contributed by atoms with Gasteiger partial charge in [-0.05, 0) is 93.0 Å². The van der Waals surface area contributed by atoms with Crippen molar-refractivity contribution in [1.82, 2.24) is 19.5 Å². The Labute approximate surface area is 363 Å². The van der Waals surface area contributed by atoms with Crippen molar-refractivity contribution < 1.29 is 4.42 Å². The average molecular weight is 821 g/mol. The molecule has 0 bridgehead atoms. The molecule has 4 aromatic heterocycles. The summed E-state index contributed by atoms with van der Waals surface area (Å²) in [5.74, 6) is 1.78. The Bertz CT molecular complexity index is 4230. The van der Waals surface area contributed by atoms with Gasteiger partial charge in [0.05, 0.1) is 11.0 Å². The van der Waals surface area contributed by atoms with Gasteiger partial charge in [-0.2, -0.15) is 0 Å². The molecule has 0 fully saturated rings. The molecule has 6 heteroatoms. The molecular formula is C57H32N4OS. The fourth-order valence-corrected chi connectivity index (χ4v) is 11.0. The molecule has 0 saturated heterocycles. The highest BCUT2D eigenvalue weighted by Crippen LogP contribution is 2.45. The summed E-state index contributed by atoms with van der Waals surface area (Å²) >= 11 is 1.81. The van der Waals surface area contributed by atoms with Crippen molar-refractivity contribution in [2.45, 2.75) is 0 Å². The van der Waals surface area contributed by atoms with Gasteiger partial charge in [0.2, 0.25) is 0 Å². The Morgan fingerprint density at radius 1 is 0.381 bits per heavy atom. The smallest absolute Gasteiger partial charge is 0.166 e. The number of hydrogen-bond donors (Lipinski definition) is 0. The van der Waals surface area contributed by atoms with Crippen molar-refractivity contribution in [1.29, 1.82) is 0 Å². The lowest BCUT2D eigenvalue weighted by molar-refractivity contribution is 0.667. The van der Waals surface area contributed by atoms with Gasteiger partial charge in [0.1, 0.15) is 11.3 Å². The summed E-state index contributed by atoms with van der Waals surface area (Å²) in [5, 5.41) is 13.7. The Kier molecular flexibility index (Phi) is 7.21. The van der Waals surface area contributed by atoms with E-state index in [4.69, 9.17) is 19.4 Å². The van der Waals surface area contributed by atoms with Crippen LogP contribution in [0.25, 0.3) is 136 Å². The zero-order valence-electron chi connectivity index (χ0n) is 33.6. The summed E-state index contributed by atoms with van der Waals surface area (Å²) in [6, 6.07) is 69.1. The first-order chi connectivity index (χ1) is 31.2. The van der Waals surface area contributed by atoms with Crippen LogP contribution in [0.5, 0.6) is 0 Å². The monoisotopic (exact) mass is 820 g/mol. The van der Waals surface area contributed by atoms with Crippen LogP contribution in [0.15, 0.2) is 199 Å². The number of aromatic nitrogens is 4. The highest BCUT2D eigenvalue weighted by Gasteiger charge is 2.26. The zero-order valence-corrected chi connectivity index (χ0v) is 34.4. The number of nitrogens with zero attached hydrogens (tertiary/aromatic N) is 4. The number of para-hydroxylation sites is 1. The molecule has 0 aliphatic carbocycles. The highest BCUT2D eigenvalue weighted by atomic mass is 32.1. The molecule has 0 unspecified atom stereocenters. The molecule has 4 heterocycles. The van der Waals surface area contributed by atoms with Gasteiger partial charge in [0, 0.05) is 58.4 Å². The minimum absolute atomic E-state index is 0.562. The third-order valence-corrected chi connectivity index (χ3v) is 14.0. The third-order valence-electron chi connectivity index (χ3n) is 12.8. The van der Waals surface area contributed by atoms with E-state index in [0.29, 0.717) is 17.5 Å². The SMILES string of the molecule is c1ccc2cc3c(cc2c1)c1ccccc1n3-c1c(-c2nc(-c3ccc4sc5ccccc5c4c3)nc(-c3cccc4ccccc34)n2)ccc2c1oc1ccc3ccccc3c12. The van der Waals surface area contributed by atoms with Crippen LogP contribution >= 0.6 is 11.3 Å². The van der Waals surface area contributed by atoms with E-state index in [1.54, 1.807) is 11.3 Å². The van der Waals surface area contributed by atoms with Crippen LogP contribution in [0.2, 0.25) is 0 Å². The topological polar surface area (TPSA) is 56.7 Å². The quantitative estimate of drug-likeness (QED) is 0.177. The molecule has 0 amide bonds. The molecule has 0 atom stereocenters. The maximum Gasteiger partial charge on any atom is 0.166 e. The second-order valence-corrected chi connectivity index (χ2v) is 17.4. The van der Waals surface area contributed by atoms with Gasteiger partial charge in [-0.3, -0.25) is 0 Å². The van der Waals surface area contributed by atoms with Gasteiger partial charge in [-0.25, -0.2) is 15.0 Å². The minimum Gasteiger partial charge on any atom is -0.454 e. The molecule has 0 N–H and O–H groups in total. The molecule has 0 spiro atoms. The number of hydrogen-bond acceptors (Lipinski definition) is 5. The lowest BCUT2D eigenvalue weighted by Crippen LogP contribution is -2.04. The molecule has 14 rings (SSSR count). The van der Waals surface area contributed by atoms with Gasteiger partial charge in [-0.15, -0.1) is 11.3 Å². The van der Waals surface area contributed by atoms with Crippen LogP contribution in [0, 0.1) is 0 Å². The molecular weight excluding hydrogens is 789 g/mol. The van der Waals surface area contributed by atoms with Crippen molar-refractivity contribution in [3.63, 3.8) is 0 Å². The second-order valence-electron chi connectivity index (χ2n) is 16.3. The van der Waals surface area contributed by atoms with Crippen LogP contribution in [0.4, 0.5) is 0 Å². The molecule has 63 heavy (non-hydrogen) atoms. The standard InChI is InChI=1S/C57H32N4OS/c1-2-15-36-32-48-45(30-35(36)14-1)40-19-7-9-22-47(40)61(48)53-44(27-26-43-52-39-18-6-4-13-34(39)24-28-49(52)62-54(43)53)57-59-55(37-25-29-51-46(31-37)41-20-8-10-23-50(41)63-51)58-56(60-57)42-21-11-16-33-12-3-5-17-38(33)42/h1-32H. The van der Waals surface area contributed by atoms with Crippen LogP contribution in [0.1, 0.15) is 0 Å². The summed E-state index contributed by atoms with van der Waals surface area (Å²) in [5.41, 5.74) is 7.35. The highest BCUT2D eigenvalue weighted by molar-refractivity contribution is 7.25.